The van der Waals surface area contributed by atoms with Gasteiger partial charge < -0.3 is 5.11 Å². The average Bonchev–Trinajstić information content (AvgIpc) is 3.08. The number of carboxylic acid groups (broad SMARTS) is 1. The van der Waals surface area contributed by atoms with E-state index in [4.69, 9.17) is 16.7 Å². The van der Waals surface area contributed by atoms with Crippen LogP contribution in [0.1, 0.15) is 42.9 Å². The Balaban J connectivity index is 1.85. The second-order valence-electron chi connectivity index (χ2n) is 6.31. The fraction of sp³-hybridized carbons (Fsp3) is 0.250. The first-order valence-electron chi connectivity index (χ1n) is 8.57. The predicted octanol–water partition coefficient (Wildman–Crippen LogP) is 5.04. The molecule has 5 nitrogen and oxygen atoms in total. The molecule has 2 aromatic carbocycles. The third-order valence-corrected chi connectivity index (χ3v) is 5.16. The van der Waals surface area contributed by atoms with Crippen molar-refractivity contribution in [1.82, 2.24) is 5.01 Å². The van der Waals surface area contributed by atoms with E-state index in [1.54, 1.807) is 12.1 Å². The van der Waals surface area contributed by atoms with Gasteiger partial charge in [0.15, 0.2) is 0 Å². The Kier molecular flexibility index (Phi) is 6.29. The van der Waals surface area contributed by atoms with Crippen LogP contribution >= 0.6 is 27.5 Å². The molecule has 27 heavy (non-hydrogen) atoms. The Bertz CT molecular complexity index is 866. The van der Waals surface area contributed by atoms with Gasteiger partial charge in [0.05, 0.1) is 11.8 Å². The van der Waals surface area contributed by atoms with Crippen molar-refractivity contribution in [2.24, 2.45) is 5.10 Å². The van der Waals surface area contributed by atoms with Gasteiger partial charge in [-0.1, -0.05) is 51.8 Å². The zero-order valence-electron chi connectivity index (χ0n) is 14.4. The van der Waals surface area contributed by atoms with E-state index in [2.05, 4.69) is 21.0 Å². The van der Waals surface area contributed by atoms with E-state index < -0.39 is 5.97 Å². The van der Waals surface area contributed by atoms with Gasteiger partial charge in [0.2, 0.25) is 5.91 Å². The topological polar surface area (TPSA) is 70.0 Å². The highest BCUT2D eigenvalue weighted by molar-refractivity contribution is 9.10. The number of amides is 1. The van der Waals surface area contributed by atoms with Crippen molar-refractivity contribution in [3.05, 3.63) is 69.2 Å². The number of rotatable bonds is 6. The minimum atomic E-state index is -0.905. The molecule has 0 radical (unpaired) electrons. The number of nitrogens with zero attached hydrogens (tertiary/aromatic N) is 2. The summed E-state index contributed by atoms with van der Waals surface area (Å²) < 4.78 is 0.973. The number of carbonyl (C=O) groups is 2. The molecule has 3 rings (SSSR count). The Morgan fingerprint density at radius 2 is 1.78 bits per heavy atom. The Hall–Kier alpha value is -2.18. The monoisotopic (exact) mass is 448 g/mol. The summed E-state index contributed by atoms with van der Waals surface area (Å²) in [6, 6.07) is 14.9. The van der Waals surface area contributed by atoms with Gasteiger partial charge in [-0.2, -0.15) is 5.10 Å². The molecule has 2 aromatic rings. The van der Waals surface area contributed by atoms with Crippen molar-refractivity contribution < 1.29 is 14.7 Å². The molecule has 1 aliphatic heterocycles. The lowest BCUT2D eigenvalue weighted by molar-refractivity contribution is -0.137. The summed E-state index contributed by atoms with van der Waals surface area (Å²) in [5.74, 6) is -1.08. The fourth-order valence-corrected chi connectivity index (χ4v) is 3.40. The normalized spacial score (nSPS) is 16.3. The fourth-order valence-electron chi connectivity index (χ4n) is 3.01. The van der Waals surface area contributed by atoms with E-state index in [9.17, 15) is 9.59 Å². The number of halogens is 2. The van der Waals surface area contributed by atoms with Crippen LogP contribution in [0.4, 0.5) is 0 Å². The van der Waals surface area contributed by atoms with Gasteiger partial charge in [-0.05, 0) is 41.8 Å². The number of aliphatic carboxylic acids is 1. The molecule has 0 aliphatic carbocycles. The summed E-state index contributed by atoms with van der Waals surface area (Å²) in [5, 5.41) is 15.5. The predicted molar refractivity (Wildman–Crippen MR) is 108 cm³/mol. The number of carboxylic acids is 1. The minimum Gasteiger partial charge on any atom is -0.481 e. The summed E-state index contributed by atoms with van der Waals surface area (Å²) >= 11 is 9.41. The van der Waals surface area contributed by atoms with Gasteiger partial charge in [0.1, 0.15) is 0 Å². The van der Waals surface area contributed by atoms with Crippen LogP contribution in [0.2, 0.25) is 5.02 Å². The quantitative estimate of drug-likeness (QED) is 0.672. The van der Waals surface area contributed by atoms with Crippen LogP contribution in [-0.4, -0.2) is 27.7 Å². The maximum atomic E-state index is 12.7. The van der Waals surface area contributed by atoms with E-state index >= 15 is 0 Å². The summed E-state index contributed by atoms with van der Waals surface area (Å²) in [6.45, 7) is 0. The summed E-state index contributed by atoms with van der Waals surface area (Å²) in [7, 11) is 0. The molecule has 0 spiro atoms. The van der Waals surface area contributed by atoms with E-state index in [0.717, 1.165) is 21.3 Å². The summed E-state index contributed by atoms with van der Waals surface area (Å²) in [5.41, 5.74) is 2.73. The van der Waals surface area contributed by atoms with Crippen LogP contribution in [0.25, 0.3) is 0 Å². The molecule has 0 saturated heterocycles. The highest BCUT2D eigenvalue weighted by Crippen LogP contribution is 2.34. The van der Waals surface area contributed by atoms with E-state index in [-0.39, 0.29) is 24.8 Å². The smallest absolute Gasteiger partial charge is 0.303 e. The Morgan fingerprint density at radius 3 is 2.41 bits per heavy atom. The van der Waals surface area contributed by atoms with E-state index in [1.807, 2.05) is 36.4 Å². The van der Waals surface area contributed by atoms with Crippen molar-refractivity contribution >= 4 is 45.1 Å². The zero-order valence-corrected chi connectivity index (χ0v) is 16.8. The van der Waals surface area contributed by atoms with Gasteiger partial charge in [0, 0.05) is 28.8 Å². The maximum Gasteiger partial charge on any atom is 0.303 e. The first kappa shape index (κ1) is 19.6. The largest absolute Gasteiger partial charge is 0.481 e. The van der Waals surface area contributed by atoms with Crippen LogP contribution < -0.4 is 0 Å². The van der Waals surface area contributed by atoms with Gasteiger partial charge >= 0.3 is 5.97 Å². The molecule has 1 unspecified atom stereocenters. The van der Waals surface area contributed by atoms with Crippen LogP contribution in [0, 0.1) is 0 Å². The number of hydrogen-bond acceptors (Lipinski definition) is 3. The molecule has 1 aliphatic rings. The number of hydrazone groups is 1. The molecule has 0 fully saturated rings. The number of hydrogen-bond donors (Lipinski definition) is 1. The summed E-state index contributed by atoms with van der Waals surface area (Å²) in [6.07, 6.45) is 0.997. The highest BCUT2D eigenvalue weighted by Gasteiger charge is 2.32. The molecular formula is C20H18BrClN2O3. The molecule has 0 saturated carbocycles. The van der Waals surface area contributed by atoms with Crippen molar-refractivity contribution in [3.8, 4) is 0 Å². The summed E-state index contributed by atoms with van der Waals surface area (Å²) in [4.78, 5) is 23.4. The lowest BCUT2D eigenvalue weighted by atomic mass is 9.98. The number of benzene rings is 2. The molecule has 7 heteroatoms. The van der Waals surface area contributed by atoms with E-state index in [0.29, 0.717) is 17.9 Å². The SMILES string of the molecule is O=C(O)CCCC(=O)N1N=C(c2ccc(Br)cc2)CC1c1ccc(Cl)cc1. The van der Waals surface area contributed by atoms with Gasteiger partial charge in [-0.25, -0.2) is 5.01 Å². The molecule has 0 bridgehead atoms. The van der Waals surface area contributed by atoms with E-state index in [1.165, 1.54) is 5.01 Å². The maximum absolute atomic E-state index is 12.7. The molecule has 1 N–H and O–H groups in total. The second kappa shape index (κ2) is 8.67. The second-order valence-corrected chi connectivity index (χ2v) is 7.66. The first-order chi connectivity index (χ1) is 12.9. The van der Waals surface area contributed by atoms with Crippen LogP contribution in [0.5, 0.6) is 0 Å². The molecule has 0 aromatic heterocycles. The van der Waals surface area contributed by atoms with Crippen LogP contribution in [-0.2, 0) is 9.59 Å². The standard InChI is InChI=1S/C20H18BrClN2O3/c21-15-8-4-13(5-9-15)17-12-18(14-6-10-16(22)11-7-14)24(23-17)19(25)2-1-3-20(26)27/h4-11,18H,1-3,12H2,(H,26,27). The third kappa shape index (κ3) is 4.96. The van der Waals surface area contributed by atoms with Crippen molar-refractivity contribution in [2.75, 3.05) is 0 Å². The molecule has 1 heterocycles. The van der Waals surface area contributed by atoms with Crippen LogP contribution in [0.3, 0.4) is 0 Å². The molecule has 140 valence electrons. The highest BCUT2D eigenvalue weighted by atomic mass is 79.9. The third-order valence-electron chi connectivity index (χ3n) is 4.38. The van der Waals surface area contributed by atoms with Crippen molar-refractivity contribution in [2.45, 2.75) is 31.7 Å². The minimum absolute atomic E-state index is 0.0333. The average molecular weight is 450 g/mol. The van der Waals surface area contributed by atoms with Crippen molar-refractivity contribution in [3.63, 3.8) is 0 Å². The van der Waals surface area contributed by atoms with Crippen LogP contribution in [0.15, 0.2) is 58.1 Å². The Morgan fingerprint density at radius 1 is 1.11 bits per heavy atom. The zero-order chi connectivity index (χ0) is 19.4. The van der Waals surface area contributed by atoms with Gasteiger partial charge in [-0.3, -0.25) is 9.59 Å². The van der Waals surface area contributed by atoms with Gasteiger partial charge in [-0.15, -0.1) is 0 Å². The number of carbonyl (C=O) groups excluding carboxylic acids is 1. The molecule has 1 amide bonds. The van der Waals surface area contributed by atoms with Crippen molar-refractivity contribution in [1.29, 1.82) is 0 Å². The molecule has 1 atom stereocenters. The first-order valence-corrected chi connectivity index (χ1v) is 9.74. The van der Waals surface area contributed by atoms with Gasteiger partial charge in [0.25, 0.3) is 0 Å². The lowest BCUT2D eigenvalue weighted by Crippen LogP contribution is -2.27. The lowest BCUT2D eigenvalue weighted by Gasteiger charge is -2.22. The molecular weight excluding hydrogens is 432 g/mol. The Labute approximate surface area is 170 Å².